The van der Waals surface area contributed by atoms with E-state index in [1.54, 1.807) is 64.7 Å². The summed E-state index contributed by atoms with van der Waals surface area (Å²) in [5.74, 6) is -0.448. The molecule has 0 spiro atoms. The van der Waals surface area contributed by atoms with Gasteiger partial charge >= 0.3 is 18.4 Å². The average molecular weight is 923 g/mol. The van der Waals surface area contributed by atoms with Gasteiger partial charge in [0.25, 0.3) is 11.8 Å². The Bertz CT molecular complexity index is 2650. The number of thiazole rings is 2. The molecule has 336 valence electrons. The molecule has 0 bridgehead atoms. The highest BCUT2D eigenvalue weighted by Gasteiger charge is 2.43. The third-order valence-corrected chi connectivity index (χ3v) is 10.7. The summed E-state index contributed by atoms with van der Waals surface area (Å²) in [4.78, 5) is 69.4. The summed E-state index contributed by atoms with van der Waals surface area (Å²) >= 11 is 2.44. The molecule has 0 saturated carbocycles. The molecule has 0 unspecified atom stereocenters. The first-order valence-corrected chi connectivity index (χ1v) is 20.8. The molecule has 5 heterocycles. The second-order valence-corrected chi connectivity index (χ2v) is 15.8. The SMILES string of the molecule is Cc1nc(N)nc(C)c1C(=O)N(C)Cc1csc(NC(=O)NCc2cccc(F)c2)n1.Cc1noc(C)c1C(=O)N(C)Cc1csc(NC(=O)NCc2ccc3c(c2)OC(F)(F)O3)n1. The third-order valence-electron chi connectivity index (χ3n) is 9.05. The van der Waals surface area contributed by atoms with E-state index in [4.69, 9.17) is 10.3 Å². The lowest BCUT2D eigenvalue weighted by molar-refractivity contribution is -0.286. The number of halogens is 3. The zero-order valence-corrected chi connectivity index (χ0v) is 36.7. The van der Waals surface area contributed by atoms with E-state index in [-0.39, 0.29) is 61.3 Å². The van der Waals surface area contributed by atoms with Crippen LogP contribution in [0, 0.1) is 33.5 Å². The number of urea groups is 2. The fourth-order valence-corrected chi connectivity index (χ4v) is 7.52. The number of nitrogens with zero attached hydrogens (tertiary/aromatic N) is 7. The molecule has 64 heavy (non-hydrogen) atoms. The highest BCUT2D eigenvalue weighted by molar-refractivity contribution is 7.14. The zero-order valence-electron chi connectivity index (χ0n) is 35.0. The van der Waals surface area contributed by atoms with Gasteiger partial charge in [0.05, 0.1) is 47.1 Å². The van der Waals surface area contributed by atoms with Crippen LogP contribution in [0.3, 0.4) is 0 Å². The number of fused-ring (bicyclic) bond motifs is 1. The Labute approximate surface area is 371 Å². The monoisotopic (exact) mass is 922 g/mol. The second kappa shape index (κ2) is 19.8. The standard InChI is InChI=1S/C20H19F2N5O5S.C20H22FN7O2S/c1-10-16(11(2)32-26-10)17(28)27(3)8-13-9-33-19(24-13)25-18(29)23-7-12-4-5-14-15(6-12)31-20(21,22)30-14;1-11-16(12(2)25-18(22)24-11)17(29)28(3)9-15-10-31-20(26-15)27-19(30)23-8-13-5-4-6-14(21)7-13/h4-6,9H,7-8H2,1-3H3,(H2,23,24,25,29);4-7,10H,8-9H2,1-3H3,(H2,22,24,25)(H2,23,26,27,30). The predicted molar refractivity (Wildman–Crippen MR) is 228 cm³/mol. The number of amides is 6. The molecule has 7 rings (SSSR count). The van der Waals surface area contributed by atoms with Gasteiger partial charge in [-0.15, -0.1) is 31.5 Å². The molecule has 6 amide bonds. The van der Waals surface area contributed by atoms with Crippen molar-refractivity contribution in [1.82, 2.24) is 45.5 Å². The van der Waals surface area contributed by atoms with E-state index in [2.05, 4.69) is 55.8 Å². The number of nitrogens with two attached hydrogens (primary N) is 1. The van der Waals surface area contributed by atoms with E-state index in [0.717, 1.165) is 0 Å². The maximum Gasteiger partial charge on any atom is 0.586 e. The van der Waals surface area contributed by atoms with Crippen LogP contribution in [0.15, 0.2) is 57.7 Å². The van der Waals surface area contributed by atoms with Crippen molar-refractivity contribution in [3.8, 4) is 11.5 Å². The van der Waals surface area contributed by atoms with E-state index in [1.807, 2.05) is 0 Å². The maximum atomic E-state index is 13.2. The van der Waals surface area contributed by atoms with Gasteiger partial charge < -0.3 is 40.2 Å². The van der Waals surface area contributed by atoms with Crippen molar-refractivity contribution >= 4 is 62.8 Å². The largest absolute Gasteiger partial charge is 0.586 e. The molecule has 0 atom stereocenters. The predicted octanol–water partition coefficient (Wildman–Crippen LogP) is 6.53. The first-order valence-electron chi connectivity index (χ1n) is 19.0. The van der Waals surface area contributed by atoms with Crippen molar-refractivity contribution in [3.63, 3.8) is 0 Å². The molecular formula is C40H41F3N12O7S2. The molecule has 2 aromatic carbocycles. The maximum absolute atomic E-state index is 13.2. The summed E-state index contributed by atoms with van der Waals surface area (Å²) in [6, 6.07) is 9.25. The van der Waals surface area contributed by atoms with E-state index in [9.17, 15) is 32.3 Å². The van der Waals surface area contributed by atoms with Crippen LogP contribution in [0.5, 0.6) is 11.5 Å². The van der Waals surface area contributed by atoms with E-state index in [0.29, 0.717) is 66.7 Å². The topological polar surface area (TPSA) is 245 Å². The van der Waals surface area contributed by atoms with Gasteiger partial charge in [0, 0.05) is 37.9 Å². The van der Waals surface area contributed by atoms with Crippen LogP contribution in [0.4, 0.5) is 39.0 Å². The zero-order chi connectivity index (χ0) is 46.3. The second-order valence-electron chi connectivity index (χ2n) is 14.1. The number of nitrogen functional groups attached to an aromatic ring is 1. The summed E-state index contributed by atoms with van der Waals surface area (Å²) in [5.41, 5.74) is 10.4. The summed E-state index contributed by atoms with van der Waals surface area (Å²) in [6.45, 7) is 7.50. The number of carbonyl (C=O) groups is 4. The number of aromatic nitrogens is 5. The van der Waals surface area contributed by atoms with Crippen molar-refractivity contribution in [1.29, 1.82) is 0 Å². The lowest BCUT2D eigenvalue weighted by atomic mass is 10.1. The van der Waals surface area contributed by atoms with Crippen LogP contribution in [0.2, 0.25) is 0 Å². The lowest BCUT2D eigenvalue weighted by Gasteiger charge is -2.18. The number of alkyl halides is 2. The number of anilines is 3. The Morgan fingerprint density at radius 3 is 1.78 bits per heavy atom. The lowest BCUT2D eigenvalue weighted by Crippen LogP contribution is -2.29. The first kappa shape index (κ1) is 46.2. The van der Waals surface area contributed by atoms with Gasteiger partial charge in [0.2, 0.25) is 5.95 Å². The number of aryl methyl sites for hydroxylation is 4. The number of hydrogen-bond acceptors (Lipinski definition) is 15. The Morgan fingerprint density at radius 1 is 0.719 bits per heavy atom. The normalized spacial score (nSPS) is 12.1. The Balaban J connectivity index is 0.000000213. The third kappa shape index (κ3) is 12.0. The first-order chi connectivity index (χ1) is 30.3. The minimum Gasteiger partial charge on any atom is -0.395 e. The fraction of sp³-hybridized carbons (Fsp3) is 0.275. The van der Waals surface area contributed by atoms with Crippen LogP contribution < -0.4 is 36.5 Å². The molecule has 0 aliphatic carbocycles. The number of rotatable bonds is 12. The molecule has 19 nitrogen and oxygen atoms in total. The molecule has 0 saturated heterocycles. The van der Waals surface area contributed by atoms with Crippen LogP contribution in [0.25, 0.3) is 0 Å². The van der Waals surface area contributed by atoms with Gasteiger partial charge in [-0.1, -0.05) is 23.4 Å². The number of carbonyl (C=O) groups excluding carboxylic acids is 4. The molecular weight excluding hydrogens is 882 g/mol. The minimum atomic E-state index is -3.69. The summed E-state index contributed by atoms with van der Waals surface area (Å²) < 4.78 is 53.2. The Morgan fingerprint density at radius 2 is 1.25 bits per heavy atom. The minimum absolute atomic E-state index is 0.0682. The molecule has 0 radical (unpaired) electrons. The van der Waals surface area contributed by atoms with Crippen molar-refractivity contribution < 1.29 is 46.3 Å². The van der Waals surface area contributed by atoms with Crippen molar-refractivity contribution in [2.45, 2.75) is 60.2 Å². The molecule has 6 aromatic rings. The highest BCUT2D eigenvalue weighted by Crippen LogP contribution is 2.41. The number of nitrogens with one attached hydrogen (secondary N) is 4. The van der Waals surface area contributed by atoms with Gasteiger partial charge in [-0.25, -0.2) is 33.9 Å². The highest BCUT2D eigenvalue weighted by atomic mass is 32.1. The van der Waals surface area contributed by atoms with Gasteiger partial charge in [-0.2, -0.15) is 0 Å². The van der Waals surface area contributed by atoms with E-state index >= 15 is 0 Å². The van der Waals surface area contributed by atoms with Crippen molar-refractivity contribution in [2.24, 2.45) is 0 Å². The number of hydrogen-bond donors (Lipinski definition) is 5. The van der Waals surface area contributed by atoms with Gasteiger partial charge in [-0.3, -0.25) is 20.2 Å². The number of benzene rings is 2. The summed E-state index contributed by atoms with van der Waals surface area (Å²) in [5, 5.41) is 18.5. The van der Waals surface area contributed by atoms with E-state index in [1.165, 1.54) is 62.8 Å². The molecule has 0 fully saturated rings. The quantitative estimate of drug-likeness (QED) is 0.0878. The van der Waals surface area contributed by atoms with Gasteiger partial charge in [-0.05, 0) is 63.1 Å². The van der Waals surface area contributed by atoms with Crippen LogP contribution in [-0.4, -0.2) is 79.2 Å². The average Bonchev–Trinajstić information content (AvgIpc) is 4.01. The van der Waals surface area contributed by atoms with Crippen molar-refractivity contribution in [2.75, 3.05) is 30.5 Å². The van der Waals surface area contributed by atoms with Gasteiger partial charge in [0.1, 0.15) is 17.1 Å². The molecule has 24 heteroatoms. The van der Waals surface area contributed by atoms with Crippen LogP contribution in [-0.2, 0) is 26.2 Å². The van der Waals surface area contributed by atoms with E-state index < -0.39 is 18.4 Å². The van der Waals surface area contributed by atoms with Crippen LogP contribution in [0.1, 0.15) is 66.1 Å². The molecule has 1 aliphatic rings. The van der Waals surface area contributed by atoms with Crippen molar-refractivity contribution in [3.05, 3.63) is 116 Å². The Kier molecular flexibility index (Phi) is 14.3. The molecule has 6 N–H and O–H groups in total. The smallest absolute Gasteiger partial charge is 0.395 e. The van der Waals surface area contributed by atoms with Crippen LogP contribution >= 0.6 is 22.7 Å². The summed E-state index contributed by atoms with van der Waals surface area (Å²) in [6.07, 6.45) is -3.69. The fourth-order valence-electron chi connectivity index (χ4n) is 6.12. The summed E-state index contributed by atoms with van der Waals surface area (Å²) in [7, 11) is 3.28. The molecule has 1 aliphatic heterocycles. The number of ether oxygens (including phenoxy) is 2. The Hall–Kier alpha value is -7.34. The van der Waals surface area contributed by atoms with Gasteiger partial charge in [0.15, 0.2) is 21.8 Å². The molecule has 4 aromatic heterocycles.